The number of methoxy groups -OCH3 is 2. The van der Waals surface area contributed by atoms with Crippen LogP contribution in [0.2, 0.25) is 0 Å². The smallest absolute Gasteiger partial charge is 0.338 e. The van der Waals surface area contributed by atoms with Crippen LogP contribution in [0.4, 0.5) is 0 Å². The van der Waals surface area contributed by atoms with Gasteiger partial charge in [0.1, 0.15) is 11.5 Å². The molecule has 0 unspecified atom stereocenters. The molecule has 0 fully saturated rings. The normalized spacial score (nSPS) is 15.8. The molecule has 0 radical (unpaired) electrons. The molecule has 2 amide bonds. The minimum Gasteiger partial charge on any atom is -0.511 e. The van der Waals surface area contributed by atoms with Gasteiger partial charge in [-0.05, 0) is 141 Å². The van der Waals surface area contributed by atoms with E-state index in [1.54, 1.807) is 55.7 Å². The SMILES string of the molecule is CC(=NC(C)(C)C)C1=C(O)CC(C)(C)CC1=O.CC(C)CC(=NC(C)(C)C)C1=C(O)CC(C)(C)CC1=O.CCc1ccccc1C(=O)OC.CCc1cnccc1C(=O)OC.CN1C(=O)c2ccccc2C1=O.Cn1c(=O)ssc1=O. The average molecular weight is 1160 g/mol. The van der Waals surface area contributed by atoms with Crippen LogP contribution in [0, 0.1) is 16.7 Å². The number of fused-ring (bicyclic) bond motifs is 1. The molecule has 0 saturated carbocycles. The molecule has 7 rings (SSSR count). The molecular weight excluding hydrogens is 1070 g/mol. The number of hydrogen-bond acceptors (Lipinski definition) is 17. The van der Waals surface area contributed by atoms with Gasteiger partial charge in [-0.15, -0.1) is 0 Å². The van der Waals surface area contributed by atoms with Crippen LogP contribution >= 0.6 is 20.7 Å². The van der Waals surface area contributed by atoms with Crippen molar-refractivity contribution in [2.75, 3.05) is 21.3 Å². The number of allylic oxidation sites excluding steroid dienone is 4. The second-order valence-electron chi connectivity index (χ2n) is 23.6. The van der Waals surface area contributed by atoms with E-state index in [0.29, 0.717) is 70.7 Å². The van der Waals surface area contributed by atoms with Crippen LogP contribution in [0.3, 0.4) is 0 Å². The highest BCUT2D eigenvalue weighted by molar-refractivity contribution is 7.67. The van der Waals surface area contributed by atoms with Crippen molar-refractivity contribution in [2.45, 2.75) is 160 Å². The number of esters is 2. The Balaban J connectivity index is 0.000000339. The largest absolute Gasteiger partial charge is 0.511 e. The Kier molecular flexibility index (Phi) is 26.6. The third kappa shape index (κ3) is 22.1. The number of aliphatic hydroxyl groups excluding tert-OH is 2. The number of pyridine rings is 1. The Bertz CT molecular complexity index is 3020. The van der Waals surface area contributed by atoms with Gasteiger partial charge in [-0.1, -0.05) is 85.7 Å². The van der Waals surface area contributed by atoms with Gasteiger partial charge in [-0.3, -0.25) is 53.2 Å². The molecule has 442 valence electrons. The zero-order valence-electron chi connectivity index (χ0n) is 50.9. The van der Waals surface area contributed by atoms with Crippen LogP contribution < -0.4 is 9.75 Å². The molecule has 3 aliphatic rings. The van der Waals surface area contributed by atoms with Gasteiger partial charge in [0.25, 0.3) is 11.8 Å². The molecule has 2 aliphatic carbocycles. The van der Waals surface area contributed by atoms with Crippen molar-refractivity contribution in [1.82, 2.24) is 14.5 Å². The van der Waals surface area contributed by atoms with Gasteiger partial charge in [-0.25, -0.2) is 9.59 Å². The van der Waals surface area contributed by atoms with E-state index in [0.717, 1.165) is 66.2 Å². The number of hydrogen-bond donors (Lipinski definition) is 2. The topological polar surface area (TPSA) is 241 Å². The monoisotopic (exact) mass is 1160 g/mol. The summed E-state index contributed by atoms with van der Waals surface area (Å²) in [5.74, 6) is -0.134. The number of carbonyl (C=O) groups excluding carboxylic acids is 6. The maximum Gasteiger partial charge on any atom is 0.338 e. The molecule has 3 heterocycles. The molecule has 4 aromatic rings. The molecule has 0 spiro atoms. The summed E-state index contributed by atoms with van der Waals surface area (Å²) >= 11 is 0. The van der Waals surface area contributed by atoms with Crippen LogP contribution in [0.5, 0.6) is 0 Å². The van der Waals surface area contributed by atoms with Crippen LogP contribution in [0.1, 0.15) is 189 Å². The summed E-state index contributed by atoms with van der Waals surface area (Å²) in [6.45, 7) is 30.0. The summed E-state index contributed by atoms with van der Waals surface area (Å²) in [6.07, 6.45) is 7.70. The lowest BCUT2D eigenvalue weighted by Gasteiger charge is -2.31. The van der Waals surface area contributed by atoms with E-state index < -0.39 is 0 Å². The molecule has 1 aliphatic heterocycles. The molecule has 0 atom stereocenters. The van der Waals surface area contributed by atoms with E-state index in [2.05, 4.69) is 33.3 Å². The Morgan fingerprint density at radius 1 is 0.654 bits per heavy atom. The summed E-state index contributed by atoms with van der Waals surface area (Å²) in [6, 6.07) is 16.0. The Morgan fingerprint density at radius 3 is 1.46 bits per heavy atom. The van der Waals surface area contributed by atoms with E-state index in [9.17, 15) is 48.6 Å². The van der Waals surface area contributed by atoms with Gasteiger partial charge in [-0.2, -0.15) is 0 Å². The van der Waals surface area contributed by atoms with Gasteiger partial charge in [0.15, 0.2) is 11.6 Å². The number of benzene rings is 2. The molecule has 81 heavy (non-hydrogen) atoms. The molecule has 0 saturated heterocycles. The fourth-order valence-corrected chi connectivity index (χ4v) is 10.3. The lowest BCUT2D eigenvalue weighted by molar-refractivity contribution is -0.118. The molecule has 19 heteroatoms. The third-order valence-corrected chi connectivity index (χ3v) is 14.2. The van der Waals surface area contributed by atoms with Crippen molar-refractivity contribution in [3.8, 4) is 0 Å². The van der Waals surface area contributed by atoms with Gasteiger partial charge in [0.2, 0.25) is 0 Å². The second-order valence-corrected chi connectivity index (χ2v) is 25.6. The maximum absolute atomic E-state index is 12.4. The second kappa shape index (κ2) is 30.7. The highest BCUT2D eigenvalue weighted by Crippen LogP contribution is 2.38. The van der Waals surface area contributed by atoms with Gasteiger partial charge in [0.05, 0.1) is 58.7 Å². The molecule has 17 nitrogen and oxygen atoms in total. The number of nitrogens with zero attached hydrogens (tertiary/aromatic N) is 5. The zero-order chi connectivity index (χ0) is 62.0. The summed E-state index contributed by atoms with van der Waals surface area (Å²) in [7, 11) is 7.67. The Hall–Kier alpha value is -6.99. The number of rotatable bonds is 8. The van der Waals surface area contributed by atoms with Crippen molar-refractivity contribution in [1.29, 1.82) is 0 Å². The number of aliphatic hydroxyl groups is 2. The summed E-state index contributed by atoms with van der Waals surface area (Å²) in [5.41, 5.74) is 5.78. The lowest BCUT2D eigenvalue weighted by atomic mass is 9.75. The molecule has 2 N–H and O–H groups in total. The van der Waals surface area contributed by atoms with Crippen molar-refractivity contribution < 1.29 is 48.5 Å². The molecular formula is C62H85N5O12S2. The number of carbonyl (C=O) groups is 6. The number of ether oxygens (including phenoxy) is 2. The van der Waals surface area contributed by atoms with Crippen LogP contribution in [0.15, 0.2) is 109 Å². The standard InChI is InChI=1S/C17H29NO2.C14H23NO2.C10H12O2.C9H7NO2.C9H11NO2.C3H3NO2S2/c1-11(2)8-12(18-16(3,4)5)15-13(19)9-17(6,7)10-14(15)20;1-9(15-13(2,3)4)12-10(16)7-14(5,6)8-11(12)17;1-3-8-6-4-5-7-9(8)10(11)12-2;1-10-8(11)6-4-2-3-5-7(6)9(10)12;1-3-7-6-10-5-4-8(7)9(11)12-2;1-4-2(5)7-8-3(4)6/h11,19H,8-10H2,1-7H3;16H,7-8H2,1-6H3;4-7H,3H2,1-2H3;2-5H,1H3;4-6H,3H2,1-2H3;1H3. The van der Waals surface area contributed by atoms with E-state index >= 15 is 0 Å². The summed E-state index contributed by atoms with van der Waals surface area (Å²) < 4.78 is 10.3. The molecule has 2 aromatic carbocycles. The predicted octanol–water partition coefficient (Wildman–Crippen LogP) is 12.2. The summed E-state index contributed by atoms with van der Waals surface area (Å²) in [4.78, 5) is 104. The van der Waals surface area contributed by atoms with Crippen molar-refractivity contribution >= 4 is 67.4 Å². The number of aryl methyl sites for hydroxylation is 2. The number of aromatic nitrogens is 2. The Morgan fingerprint density at radius 2 is 1.07 bits per heavy atom. The van der Waals surface area contributed by atoms with E-state index in [1.807, 2.05) is 101 Å². The Labute approximate surface area is 485 Å². The fraction of sp³-hybridized carbons (Fsp3) is 0.500. The predicted molar refractivity (Wildman–Crippen MR) is 324 cm³/mol. The zero-order valence-corrected chi connectivity index (χ0v) is 52.5. The molecule has 2 aromatic heterocycles. The number of imide groups is 1. The highest BCUT2D eigenvalue weighted by Gasteiger charge is 2.37. The van der Waals surface area contributed by atoms with Crippen molar-refractivity contribution in [3.63, 3.8) is 0 Å². The number of aliphatic imine (C=N–C) groups is 2. The molecule has 0 bridgehead atoms. The number of Topliss-reactive ketones (excluding diaryl/α,β-unsaturated/α-hetero) is 2. The first kappa shape index (κ1) is 70.1. The van der Waals surface area contributed by atoms with Crippen LogP contribution in [0.25, 0.3) is 0 Å². The first-order valence-corrected chi connectivity index (χ1v) is 28.9. The summed E-state index contributed by atoms with van der Waals surface area (Å²) in [5, 5.41) is 20.4. The van der Waals surface area contributed by atoms with Crippen molar-refractivity contribution in [3.05, 3.63) is 142 Å². The number of ketones is 2. The van der Waals surface area contributed by atoms with Gasteiger partial charge in [0, 0.05) is 63.6 Å². The van der Waals surface area contributed by atoms with E-state index in [4.69, 9.17) is 4.99 Å². The minimum atomic E-state index is -0.297. The minimum absolute atomic E-state index is 0.00394. The first-order valence-electron chi connectivity index (χ1n) is 26.8. The maximum atomic E-state index is 12.4. The van der Waals surface area contributed by atoms with Gasteiger partial charge >= 0.3 is 21.7 Å². The van der Waals surface area contributed by atoms with E-state index in [1.165, 1.54) is 28.3 Å². The fourth-order valence-electron chi connectivity index (χ4n) is 8.59. The van der Waals surface area contributed by atoms with Crippen molar-refractivity contribution in [2.24, 2.45) is 33.8 Å². The van der Waals surface area contributed by atoms with E-state index in [-0.39, 0.29) is 78.5 Å². The third-order valence-electron chi connectivity index (χ3n) is 12.2. The van der Waals surface area contributed by atoms with Crippen LogP contribution in [-0.2, 0) is 39.0 Å². The lowest BCUT2D eigenvalue weighted by Crippen LogP contribution is -2.31. The average Bonchev–Trinajstić information content (AvgIpc) is 3.78. The quantitative estimate of drug-likeness (QED) is 0.0723. The first-order chi connectivity index (χ1) is 37.4. The van der Waals surface area contributed by atoms with Crippen LogP contribution in [-0.4, -0.2) is 104 Å². The highest BCUT2D eigenvalue weighted by atomic mass is 32.9. The van der Waals surface area contributed by atoms with Gasteiger partial charge < -0.3 is 19.7 Å². The number of amides is 2.